The molecule has 0 aromatic heterocycles. The second kappa shape index (κ2) is 9.33. The van der Waals surface area contributed by atoms with E-state index in [9.17, 15) is 9.59 Å². The van der Waals surface area contributed by atoms with Gasteiger partial charge < -0.3 is 30.0 Å². The maximum atomic E-state index is 12.4. The van der Waals surface area contributed by atoms with E-state index in [1.165, 1.54) is 13.2 Å². The summed E-state index contributed by atoms with van der Waals surface area (Å²) < 4.78 is 20.9. The van der Waals surface area contributed by atoms with Gasteiger partial charge in [0.2, 0.25) is 0 Å². The fraction of sp³-hybridized carbons (Fsp3) is 0.263. The predicted molar refractivity (Wildman–Crippen MR) is 98.4 cm³/mol. The zero-order valence-electron chi connectivity index (χ0n) is 15.4. The number of carbonyl (C=O) groups is 2. The molecule has 0 atom stereocenters. The maximum absolute atomic E-state index is 12.4. The molecule has 2 aromatic carbocycles. The topological polar surface area (TPSA) is 109 Å². The summed E-state index contributed by atoms with van der Waals surface area (Å²) in [4.78, 5) is 23.2. The molecule has 2 amide bonds. The molecule has 27 heavy (non-hydrogen) atoms. The highest BCUT2D eigenvalue weighted by Crippen LogP contribution is 2.29. The quantitative estimate of drug-likeness (QED) is 0.689. The Kier molecular flexibility index (Phi) is 6.87. The van der Waals surface area contributed by atoms with E-state index >= 15 is 0 Å². The molecule has 0 aliphatic heterocycles. The van der Waals surface area contributed by atoms with Gasteiger partial charge >= 0.3 is 0 Å². The Balaban J connectivity index is 2.06. The largest absolute Gasteiger partial charge is 0.493 e. The molecule has 0 heterocycles. The average Bonchev–Trinajstić information content (AvgIpc) is 2.69. The number of hydrogen-bond donors (Lipinski definition) is 2. The lowest BCUT2D eigenvalue weighted by atomic mass is 10.1. The van der Waals surface area contributed by atoms with E-state index in [1.54, 1.807) is 38.5 Å². The molecule has 2 aromatic rings. The number of carbonyl (C=O) groups excluding carboxylic acids is 2. The van der Waals surface area contributed by atoms with Gasteiger partial charge in [-0.25, -0.2) is 0 Å². The molecule has 0 aliphatic rings. The minimum atomic E-state index is -0.603. The summed E-state index contributed by atoms with van der Waals surface area (Å²) in [6.07, 6.45) is 0. The van der Waals surface area contributed by atoms with Crippen LogP contribution < -0.4 is 30.0 Å². The van der Waals surface area contributed by atoms with E-state index in [-0.39, 0.29) is 12.5 Å². The third-order valence-corrected chi connectivity index (χ3v) is 3.70. The second-order valence-electron chi connectivity index (χ2n) is 5.49. The lowest BCUT2D eigenvalue weighted by molar-refractivity contribution is -0.119. The Labute approximate surface area is 157 Å². The highest BCUT2D eigenvalue weighted by atomic mass is 16.5. The van der Waals surface area contributed by atoms with Gasteiger partial charge in [0, 0.05) is 12.1 Å². The van der Waals surface area contributed by atoms with E-state index < -0.39 is 5.91 Å². The molecule has 0 saturated heterocycles. The van der Waals surface area contributed by atoms with Crippen molar-refractivity contribution in [2.75, 3.05) is 27.9 Å². The molecule has 3 N–H and O–H groups in total. The van der Waals surface area contributed by atoms with Gasteiger partial charge in [0.1, 0.15) is 0 Å². The van der Waals surface area contributed by atoms with Crippen LogP contribution in [0.25, 0.3) is 0 Å². The van der Waals surface area contributed by atoms with Crippen LogP contribution in [0.4, 0.5) is 0 Å². The third kappa shape index (κ3) is 5.27. The normalized spacial score (nSPS) is 10.0. The minimum Gasteiger partial charge on any atom is -0.493 e. The SMILES string of the molecule is COc1ccc(CNC(=O)c2ccc(OCC(N)=O)c(OC)c2)cc1OC. The molecule has 144 valence electrons. The van der Waals surface area contributed by atoms with Crippen LogP contribution in [0.5, 0.6) is 23.0 Å². The van der Waals surface area contributed by atoms with Crippen molar-refractivity contribution < 1.29 is 28.5 Å². The maximum Gasteiger partial charge on any atom is 0.255 e. The molecule has 8 heteroatoms. The van der Waals surface area contributed by atoms with Crippen molar-refractivity contribution in [3.63, 3.8) is 0 Å². The van der Waals surface area contributed by atoms with Gasteiger partial charge in [-0.3, -0.25) is 9.59 Å². The van der Waals surface area contributed by atoms with Gasteiger partial charge in [-0.1, -0.05) is 6.07 Å². The summed E-state index contributed by atoms with van der Waals surface area (Å²) in [5.41, 5.74) is 6.30. The molecule has 0 radical (unpaired) electrons. The minimum absolute atomic E-state index is 0.277. The fourth-order valence-electron chi connectivity index (χ4n) is 2.35. The summed E-state index contributed by atoms with van der Waals surface area (Å²) >= 11 is 0. The van der Waals surface area contributed by atoms with Crippen molar-refractivity contribution in [1.29, 1.82) is 0 Å². The zero-order valence-corrected chi connectivity index (χ0v) is 15.4. The molecule has 0 bridgehead atoms. The summed E-state index contributed by atoms with van der Waals surface area (Å²) in [5.74, 6) is 0.965. The molecule has 0 unspecified atom stereocenters. The fourth-order valence-corrected chi connectivity index (χ4v) is 2.35. The molecular formula is C19H22N2O6. The standard InChI is InChI=1S/C19H22N2O6/c1-24-14-6-4-12(8-16(14)25-2)10-21-19(23)13-5-7-15(17(9-13)26-3)27-11-18(20)22/h4-9H,10-11H2,1-3H3,(H2,20,22)(H,21,23). The van der Waals surface area contributed by atoms with E-state index in [1.807, 2.05) is 6.07 Å². The summed E-state index contributed by atoms with van der Waals surface area (Å²) in [5, 5.41) is 2.82. The van der Waals surface area contributed by atoms with Crippen molar-refractivity contribution in [3.8, 4) is 23.0 Å². The van der Waals surface area contributed by atoms with Crippen LogP contribution in [0, 0.1) is 0 Å². The highest BCUT2D eigenvalue weighted by Gasteiger charge is 2.12. The number of nitrogens with two attached hydrogens (primary N) is 1. The van der Waals surface area contributed by atoms with Crippen LogP contribution in [0.15, 0.2) is 36.4 Å². The number of rotatable bonds is 9. The van der Waals surface area contributed by atoms with E-state index in [4.69, 9.17) is 24.7 Å². The zero-order chi connectivity index (χ0) is 19.8. The summed E-state index contributed by atoms with van der Waals surface area (Å²) in [6.45, 7) is 0.0304. The van der Waals surface area contributed by atoms with Crippen LogP contribution in [-0.2, 0) is 11.3 Å². The molecule has 0 aliphatic carbocycles. The number of ether oxygens (including phenoxy) is 4. The second-order valence-corrected chi connectivity index (χ2v) is 5.49. The van der Waals surface area contributed by atoms with E-state index in [0.29, 0.717) is 35.1 Å². The number of methoxy groups -OCH3 is 3. The van der Waals surface area contributed by atoms with Crippen molar-refractivity contribution in [3.05, 3.63) is 47.5 Å². The molecule has 8 nitrogen and oxygen atoms in total. The average molecular weight is 374 g/mol. The van der Waals surface area contributed by atoms with Gasteiger partial charge in [-0.2, -0.15) is 0 Å². The van der Waals surface area contributed by atoms with Crippen LogP contribution in [0.1, 0.15) is 15.9 Å². The monoisotopic (exact) mass is 374 g/mol. The van der Waals surface area contributed by atoms with E-state index in [0.717, 1.165) is 5.56 Å². The van der Waals surface area contributed by atoms with Crippen LogP contribution >= 0.6 is 0 Å². The lowest BCUT2D eigenvalue weighted by Crippen LogP contribution is -2.23. The van der Waals surface area contributed by atoms with Gasteiger partial charge in [-0.05, 0) is 35.9 Å². The smallest absolute Gasteiger partial charge is 0.255 e. The number of amides is 2. The van der Waals surface area contributed by atoms with Crippen molar-refractivity contribution in [2.45, 2.75) is 6.54 Å². The van der Waals surface area contributed by atoms with Crippen LogP contribution in [0.2, 0.25) is 0 Å². The number of hydrogen-bond acceptors (Lipinski definition) is 6. The predicted octanol–water partition coefficient (Wildman–Crippen LogP) is 1.51. The summed E-state index contributed by atoms with van der Waals surface area (Å²) in [6, 6.07) is 10.0. The molecule has 0 spiro atoms. The number of primary amides is 1. The van der Waals surface area contributed by atoms with Crippen LogP contribution in [-0.4, -0.2) is 39.8 Å². The van der Waals surface area contributed by atoms with Crippen molar-refractivity contribution in [2.24, 2.45) is 5.73 Å². The van der Waals surface area contributed by atoms with Gasteiger partial charge in [-0.15, -0.1) is 0 Å². The molecular weight excluding hydrogens is 352 g/mol. The van der Waals surface area contributed by atoms with Gasteiger partial charge in [0.15, 0.2) is 29.6 Å². The first-order chi connectivity index (χ1) is 13.0. The first-order valence-corrected chi connectivity index (χ1v) is 8.06. The molecule has 2 rings (SSSR count). The lowest BCUT2D eigenvalue weighted by Gasteiger charge is -2.12. The molecule has 0 saturated carbocycles. The summed E-state index contributed by atoms with van der Waals surface area (Å²) in [7, 11) is 4.55. The van der Waals surface area contributed by atoms with Crippen molar-refractivity contribution >= 4 is 11.8 Å². The highest BCUT2D eigenvalue weighted by molar-refractivity contribution is 5.94. The van der Waals surface area contributed by atoms with Gasteiger partial charge in [0.05, 0.1) is 21.3 Å². The Morgan fingerprint density at radius 3 is 2.15 bits per heavy atom. The van der Waals surface area contributed by atoms with Gasteiger partial charge in [0.25, 0.3) is 11.8 Å². The van der Waals surface area contributed by atoms with Crippen LogP contribution in [0.3, 0.4) is 0 Å². The Hall–Kier alpha value is -3.42. The Bertz CT molecular complexity index is 822. The van der Waals surface area contributed by atoms with E-state index in [2.05, 4.69) is 5.32 Å². The Morgan fingerprint density at radius 2 is 1.52 bits per heavy atom. The first kappa shape index (κ1) is 19.9. The Morgan fingerprint density at radius 1 is 0.889 bits per heavy atom. The molecule has 0 fully saturated rings. The number of nitrogens with one attached hydrogen (secondary N) is 1. The number of benzene rings is 2. The third-order valence-electron chi connectivity index (χ3n) is 3.70. The van der Waals surface area contributed by atoms with Crippen molar-refractivity contribution in [1.82, 2.24) is 5.32 Å². The first-order valence-electron chi connectivity index (χ1n) is 8.06.